The molecule has 33 heavy (non-hydrogen) atoms. The molecule has 0 saturated carbocycles. The molecule has 1 N–H and O–H groups in total. The SMILES string of the molecule is C=C(/C=C/C1Nc2ccc(OCC3COC(C)(C)OC3)cc2O1)SCN1CCCC1.C=NC. The van der Waals surface area contributed by atoms with Gasteiger partial charge in [0.25, 0.3) is 0 Å². The van der Waals surface area contributed by atoms with Gasteiger partial charge in [0.2, 0.25) is 0 Å². The Balaban J connectivity index is 0.000000968. The summed E-state index contributed by atoms with van der Waals surface area (Å²) in [5, 5.41) is 3.36. The first-order chi connectivity index (χ1) is 15.9. The zero-order valence-corrected chi connectivity index (χ0v) is 20.9. The van der Waals surface area contributed by atoms with E-state index in [1.807, 2.05) is 44.2 Å². The third-order valence-electron chi connectivity index (χ3n) is 5.41. The normalized spacial score (nSPS) is 22.1. The second kappa shape index (κ2) is 12.5. The minimum absolute atomic E-state index is 0.193. The number of fused-ring (bicyclic) bond motifs is 1. The second-order valence-corrected chi connectivity index (χ2v) is 9.85. The van der Waals surface area contributed by atoms with E-state index in [1.54, 1.807) is 18.8 Å². The van der Waals surface area contributed by atoms with Crippen LogP contribution in [0.3, 0.4) is 0 Å². The van der Waals surface area contributed by atoms with E-state index in [9.17, 15) is 0 Å². The second-order valence-electron chi connectivity index (χ2n) is 8.78. The molecule has 2 fully saturated rings. The smallest absolute Gasteiger partial charge is 0.190 e. The van der Waals surface area contributed by atoms with Gasteiger partial charge in [-0.05, 0) is 70.8 Å². The number of hydrogen-bond donors (Lipinski definition) is 1. The fourth-order valence-electron chi connectivity index (χ4n) is 3.58. The van der Waals surface area contributed by atoms with E-state index in [-0.39, 0.29) is 12.1 Å². The van der Waals surface area contributed by atoms with Gasteiger partial charge in [-0.1, -0.05) is 6.58 Å². The molecule has 8 heteroatoms. The van der Waals surface area contributed by atoms with Crippen LogP contribution < -0.4 is 14.8 Å². The molecule has 1 atom stereocenters. The van der Waals surface area contributed by atoms with Crippen LogP contribution in [0.5, 0.6) is 11.5 Å². The van der Waals surface area contributed by atoms with Gasteiger partial charge in [-0.25, -0.2) is 0 Å². The zero-order chi connectivity index (χ0) is 23.7. The summed E-state index contributed by atoms with van der Waals surface area (Å²) in [4.78, 5) is 6.77. The molecule has 1 unspecified atom stereocenters. The summed E-state index contributed by atoms with van der Waals surface area (Å²) < 4.78 is 23.3. The highest BCUT2D eigenvalue weighted by molar-refractivity contribution is 8.03. The highest BCUT2D eigenvalue weighted by Gasteiger charge is 2.28. The van der Waals surface area contributed by atoms with E-state index in [2.05, 4.69) is 28.5 Å². The van der Waals surface area contributed by atoms with E-state index in [0.29, 0.717) is 19.8 Å². The quantitative estimate of drug-likeness (QED) is 0.429. The Hall–Kier alpha value is -2.00. The summed E-state index contributed by atoms with van der Waals surface area (Å²) in [6.45, 7) is 15.4. The number of anilines is 1. The first-order valence-corrected chi connectivity index (χ1v) is 12.4. The van der Waals surface area contributed by atoms with Crippen molar-refractivity contribution in [3.05, 3.63) is 41.8 Å². The third kappa shape index (κ3) is 8.37. The number of nitrogens with one attached hydrogen (secondary N) is 1. The first-order valence-electron chi connectivity index (χ1n) is 11.4. The minimum Gasteiger partial charge on any atom is -0.493 e. The standard InChI is InChI=1S/C23H32N2O4S.C2H5N/c1-17(30-16-25-10-4-5-11-25)6-9-22-24-20-8-7-19(12-21(20)29-22)26-13-18-14-27-23(2,3)28-15-18;1-3-2/h6-9,12,18,22,24H,1,4-5,10-11,13-16H2,2-3H3;1H2,2H3/b9-6+;. The van der Waals surface area contributed by atoms with E-state index in [0.717, 1.165) is 28.0 Å². The molecule has 0 aliphatic carbocycles. The van der Waals surface area contributed by atoms with Crippen LogP contribution in [0.1, 0.15) is 26.7 Å². The average Bonchev–Trinajstić information content (AvgIpc) is 3.45. The van der Waals surface area contributed by atoms with Gasteiger partial charge < -0.3 is 29.3 Å². The van der Waals surface area contributed by atoms with Crippen LogP contribution in [-0.2, 0) is 9.47 Å². The van der Waals surface area contributed by atoms with Gasteiger partial charge in [0, 0.05) is 29.8 Å². The Labute approximate surface area is 202 Å². The number of allylic oxidation sites excluding steroid dienone is 1. The van der Waals surface area contributed by atoms with E-state index < -0.39 is 5.79 Å². The van der Waals surface area contributed by atoms with Crippen LogP contribution in [0, 0.1) is 5.92 Å². The fourth-order valence-corrected chi connectivity index (χ4v) is 4.36. The maximum atomic E-state index is 6.01. The van der Waals surface area contributed by atoms with Gasteiger partial charge in [0.15, 0.2) is 12.0 Å². The van der Waals surface area contributed by atoms with Gasteiger partial charge >= 0.3 is 0 Å². The van der Waals surface area contributed by atoms with E-state index in [4.69, 9.17) is 18.9 Å². The summed E-state index contributed by atoms with van der Waals surface area (Å²) >= 11 is 1.78. The lowest BCUT2D eigenvalue weighted by Gasteiger charge is -2.34. The van der Waals surface area contributed by atoms with Gasteiger partial charge in [-0.2, -0.15) is 0 Å². The molecular weight excluding hydrogens is 438 g/mol. The molecule has 3 aliphatic heterocycles. The van der Waals surface area contributed by atoms with Crippen LogP contribution in [0.15, 0.2) is 46.8 Å². The summed E-state index contributed by atoms with van der Waals surface area (Å²) in [5.41, 5.74) is 0.971. The highest BCUT2D eigenvalue weighted by atomic mass is 32.2. The summed E-state index contributed by atoms with van der Waals surface area (Å²) in [6, 6.07) is 5.88. The minimum atomic E-state index is -0.496. The lowest BCUT2D eigenvalue weighted by atomic mass is 10.1. The molecule has 2 saturated heterocycles. The molecule has 0 bridgehead atoms. The maximum Gasteiger partial charge on any atom is 0.190 e. The molecule has 1 aromatic rings. The maximum absolute atomic E-state index is 6.01. The lowest BCUT2D eigenvalue weighted by Crippen LogP contribution is -2.41. The van der Waals surface area contributed by atoms with Crippen molar-refractivity contribution >= 4 is 24.2 Å². The van der Waals surface area contributed by atoms with Crippen molar-refractivity contribution < 1.29 is 18.9 Å². The first kappa shape index (κ1) is 25.6. The van der Waals surface area contributed by atoms with Gasteiger partial charge in [-0.15, -0.1) is 11.8 Å². The molecule has 0 radical (unpaired) electrons. The molecule has 0 amide bonds. The van der Waals surface area contributed by atoms with Crippen molar-refractivity contribution in [3.63, 3.8) is 0 Å². The predicted molar refractivity (Wildman–Crippen MR) is 136 cm³/mol. The van der Waals surface area contributed by atoms with Gasteiger partial charge in [0.1, 0.15) is 11.5 Å². The van der Waals surface area contributed by atoms with Crippen molar-refractivity contribution in [2.24, 2.45) is 10.9 Å². The Morgan fingerprint density at radius 1 is 1.30 bits per heavy atom. The van der Waals surface area contributed by atoms with Gasteiger partial charge in [-0.3, -0.25) is 4.90 Å². The number of benzene rings is 1. The number of hydrogen-bond acceptors (Lipinski definition) is 8. The number of ether oxygens (including phenoxy) is 4. The average molecular weight is 476 g/mol. The van der Waals surface area contributed by atoms with Gasteiger partial charge in [0.05, 0.1) is 25.5 Å². The van der Waals surface area contributed by atoms with E-state index >= 15 is 0 Å². The summed E-state index contributed by atoms with van der Waals surface area (Å²) in [5.74, 6) is 2.33. The topological polar surface area (TPSA) is 64.6 Å². The number of aliphatic imine (C=N–C) groups is 1. The number of rotatable bonds is 8. The van der Waals surface area contributed by atoms with Crippen molar-refractivity contribution in [2.45, 2.75) is 38.7 Å². The van der Waals surface area contributed by atoms with Crippen molar-refractivity contribution in [3.8, 4) is 11.5 Å². The van der Waals surface area contributed by atoms with E-state index in [1.165, 1.54) is 25.9 Å². The van der Waals surface area contributed by atoms with Crippen LogP contribution in [-0.4, -0.2) is 69.5 Å². The molecule has 3 heterocycles. The number of nitrogens with zero attached hydrogens (tertiary/aromatic N) is 2. The summed E-state index contributed by atoms with van der Waals surface area (Å²) in [6.07, 6.45) is 6.48. The molecule has 3 aliphatic rings. The third-order valence-corrected chi connectivity index (χ3v) is 6.41. The molecule has 0 spiro atoms. The Morgan fingerprint density at radius 3 is 2.70 bits per heavy atom. The Bertz CT molecular complexity index is 814. The number of thioether (sulfide) groups is 1. The monoisotopic (exact) mass is 475 g/mol. The van der Waals surface area contributed by atoms with Crippen molar-refractivity contribution in [1.82, 2.24) is 4.90 Å². The zero-order valence-electron chi connectivity index (χ0n) is 20.0. The molecule has 182 valence electrons. The Morgan fingerprint density at radius 2 is 2.00 bits per heavy atom. The summed E-state index contributed by atoms with van der Waals surface area (Å²) in [7, 11) is 1.64. The van der Waals surface area contributed by atoms with Crippen LogP contribution >= 0.6 is 11.8 Å². The fraction of sp³-hybridized carbons (Fsp3) is 0.560. The predicted octanol–water partition coefficient (Wildman–Crippen LogP) is 4.77. The highest BCUT2D eigenvalue weighted by Crippen LogP contribution is 2.36. The van der Waals surface area contributed by atoms with Crippen molar-refractivity contribution in [1.29, 1.82) is 0 Å². The largest absolute Gasteiger partial charge is 0.493 e. The Kier molecular flexibility index (Phi) is 9.67. The van der Waals surface area contributed by atoms with Crippen LogP contribution in [0.25, 0.3) is 0 Å². The molecular formula is C25H37N3O4S. The van der Waals surface area contributed by atoms with Crippen LogP contribution in [0.4, 0.5) is 5.69 Å². The molecule has 1 aromatic carbocycles. The molecule has 4 rings (SSSR count). The van der Waals surface area contributed by atoms with Crippen molar-refractivity contribution in [2.75, 3.05) is 51.2 Å². The molecule has 0 aromatic heterocycles. The lowest BCUT2D eigenvalue weighted by molar-refractivity contribution is -0.264. The molecule has 7 nitrogen and oxygen atoms in total. The van der Waals surface area contributed by atoms with Crippen LogP contribution in [0.2, 0.25) is 0 Å². The number of likely N-dealkylation sites (tertiary alicyclic amines) is 1.